The lowest BCUT2D eigenvalue weighted by Gasteiger charge is -2.38. The summed E-state index contributed by atoms with van der Waals surface area (Å²) in [6.07, 6.45) is -0.323. The first kappa shape index (κ1) is 33.6. The Balaban J connectivity index is 0.00000248. The molecule has 2 aliphatic heterocycles. The van der Waals surface area contributed by atoms with E-state index >= 15 is 0 Å². The molecule has 2 N–H and O–H groups in total. The van der Waals surface area contributed by atoms with Crippen molar-refractivity contribution in [2.24, 2.45) is 0 Å². The van der Waals surface area contributed by atoms with Crippen LogP contribution in [-0.2, 0) is 35.0 Å². The van der Waals surface area contributed by atoms with E-state index in [-0.39, 0.29) is 25.2 Å². The number of hydrogen-bond donors (Lipinski definition) is 2. The minimum Gasteiger partial charge on any atom is -0.481 e. The van der Waals surface area contributed by atoms with Gasteiger partial charge in [0.2, 0.25) is 0 Å². The quantitative estimate of drug-likeness (QED) is 0.334. The van der Waals surface area contributed by atoms with Crippen LogP contribution in [0.3, 0.4) is 0 Å². The van der Waals surface area contributed by atoms with Gasteiger partial charge in [0, 0.05) is 12.1 Å². The topological polar surface area (TPSA) is 111 Å². The Morgan fingerprint density at radius 3 is 2.30 bits per heavy atom. The average Bonchev–Trinajstić information content (AvgIpc) is 2.91. The minimum absolute atomic E-state index is 0.0854. The lowest BCUT2D eigenvalue weighted by atomic mass is 9.77. The van der Waals surface area contributed by atoms with E-state index < -0.39 is 35.5 Å². The van der Waals surface area contributed by atoms with Crippen molar-refractivity contribution in [3.05, 3.63) is 92.3 Å². The number of nitrogens with one attached hydrogen (secondary N) is 1. The minimum atomic E-state index is -0.975. The van der Waals surface area contributed by atoms with Gasteiger partial charge in [-0.05, 0) is 76.3 Å². The van der Waals surface area contributed by atoms with Crippen molar-refractivity contribution in [1.82, 2.24) is 5.32 Å². The zero-order chi connectivity index (χ0) is 32.1. The van der Waals surface area contributed by atoms with Crippen LogP contribution in [0.5, 0.6) is 0 Å². The van der Waals surface area contributed by atoms with E-state index in [1.54, 1.807) is 31.2 Å². The maximum Gasteiger partial charge on any atom is 0.337 e. The van der Waals surface area contributed by atoms with Gasteiger partial charge >= 0.3 is 17.9 Å². The van der Waals surface area contributed by atoms with Gasteiger partial charge in [0.05, 0.1) is 48.0 Å². The summed E-state index contributed by atoms with van der Waals surface area (Å²) >= 11 is 0. The molecular weight excluding hydrogens is 546 g/mol. The molecule has 8 nitrogen and oxygen atoms in total. The number of rotatable bonds is 8. The molecule has 2 heterocycles. The van der Waals surface area contributed by atoms with Crippen molar-refractivity contribution in [3.63, 3.8) is 0 Å². The normalized spacial score (nSPS) is 18.2. The van der Waals surface area contributed by atoms with E-state index in [4.69, 9.17) is 14.2 Å². The van der Waals surface area contributed by atoms with Gasteiger partial charge in [0.1, 0.15) is 6.10 Å². The smallest absolute Gasteiger partial charge is 0.337 e. The summed E-state index contributed by atoms with van der Waals surface area (Å²) in [6.45, 7) is 17.8. The molecule has 2 aromatic carbocycles. The highest BCUT2D eigenvalue weighted by molar-refractivity contribution is 6.00. The Morgan fingerprint density at radius 1 is 1.07 bits per heavy atom. The Kier molecular flexibility index (Phi) is 11.0. The number of dihydropyridines is 1. The second kappa shape index (κ2) is 14.0. The molecule has 43 heavy (non-hydrogen) atoms. The number of aryl methyl sites for hydroxylation is 3. The van der Waals surface area contributed by atoms with Crippen LogP contribution in [-0.4, -0.2) is 41.8 Å². The molecule has 2 atom stereocenters. The molecule has 0 bridgehead atoms. The van der Waals surface area contributed by atoms with Crippen molar-refractivity contribution in [3.8, 4) is 0 Å². The highest BCUT2D eigenvalue weighted by atomic mass is 16.5. The predicted molar refractivity (Wildman–Crippen MR) is 165 cm³/mol. The summed E-state index contributed by atoms with van der Waals surface area (Å²) < 4.78 is 17.7. The van der Waals surface area contributed by atoms with Crippen LogP contribution < -0.4 is 5.32 Å². The van der Waals surface area contributed by atoms with Gasteiger partial charge < -0.3 is 24.6 Å². The Labute approximate surface area is 255 Å². The average molecular weight is 592 g/mol. The zero-order valence-corrected chi connectivity index (χ0v) is 26.8. The van der Waals surface area contributed by atoms with Gasteiger partial charge in [-0.3, -0.25) is 4.79 Å². The van der Waals surface area contributed by atoms with Crippen LogP contribution in [0.2, 0.25) is 0 Å². The van der Waals surface area contributed by atoms with Crippen LogP contribution in [0.25, 0.3) is 0 Å². The molecule has 0 saturated heterocycles. The zero-order valence-electron chi connectivity index (χ0n) is 26.8. The van der Waals surface area contributed by atoms with Crippen LogP contribution in [0.1, 0.15) is 93.4 Å². The number of aliphatic carboxylic acids is 1. The second-order valence-electron chi connectivity index (χ2n) is 11.7. The monoisotopic (exact) mass is 591 g/mol. The summed E-state index contributed by atoms with van der Waals surface area (Å²) in [5.41, 5.74) is 6.57. The number of carbonyl (C=O) groups excluding carboxylic acids is 2. The highest BCUT2D eigenvalue weighted by Gasteiger charge is 2.44. The number of esters is 2. The second-order valence-corrected chi connectivity index (χ2v) is 11.7. The molecule has 232 valence electrons. The van der Waals surface area contributed by atoms with Crippen molar-refractivity contribution in [2.45, 2.75) is 92.8 Å². The van der Waals surface area contributed by atoms with E-state index in [2.05, 4.69) is 17.4 Å². The third kappa shape index (κ3) is 7.93. The summed E-state index contributed by atoms with van der Waals surface area (Å²) in [5.74, 6) is -2.91. The SMILES string of the molecule is CC.CCOC(=O)C1=C(COC(C)(C)C)NC2=C(C(=O)OC(c3c(C)cc(C)cc3C)C2)C1c1cccc(CC(=O)O)c1. The molecule has 0 spiro atoms. The van der Waals surface area contributed by atoms with Crippen molar-refractivity contribution < 1.29 is 33.7 Å². The highest BCUT2D eigenvalue weighted by Crippen LogP contribution is 2.46. The van der Waals surface area contributed by atoms with Crippen molar-refractivity contribution in [1.29, 1.82) is 0 Å². The first-order chi connectivity index (χ1) is 20.3. The summed E-state index contributed by atoms with van der Waals surface area (Å²) in [4.78, 5) is 38.9. The van der Waals surface area contributed by atoms with Gasteiger partial charge in [-0.2, -0.15) is 0 Å². The standard InChI is InChI=1S/C33H39NO7.C2H6/c1-8-39-31(37)30-24(17-40-33(5,6)7)34-23-16-25(27-19(3)12-18(2)13-20(27)4)41-32(38)29(23)28(30)22-11-9-10-21(14-22)15-26(35)36;1-2/h9-14,25,28,34H,8,15-17H2,1-7H3,(H,35,36);1-2H3. The molecule has 2 aliphatic rings. The van der Waals surface area contributed by atoms with Crippen LogP contribution in [0, 0.1) is 20.8 Å². The van der Waals surface area contributed by atoms with E-state index in [0.717, 1.165) is 22.3 Å². The Bertz CT molecular complexity index is 1420. The number of carboxylic acid groups (broad SMARTS) is 1. The van der Waals surface area contributed by atoms with Crippen molar-refractivity contribution >= 4 is 17.9 Å². The maximum absolute atomic E-state index is 13.9. The third-order valence-electron chi connectivity index (χ3n) is 7.23. The fraction of sp³-hybridized carbons (Fsp3) is 0.457. The molecule has 0 saturated carbocycles. The lowest BCUT2D eigenvalue weighted by Crippen LogP contribution is -2.39. The number of ether oxygens (including phenoxy) is 3. The van der Waals surface area contributed by atoms with E-state index in [0.29, 0.717) is 34.5 Å². The predicted octanol–water partition coefficient (Wildman–Crippen LogP) is 6.53. The van der Waals surface area contributed by atoms with Crippen LogP contribution >= 0.6 is 0 Å². The molecule has 0 aromatic heterocycles. The number of carbonyl (C=O) groups is 3. The number of carboxylic acids is 1. The molecular formula is C35H45NO7. The number of benzene rings is 2. The van der Waals surface area contributed by atoms with Crippen LogP contribution in [0.4, 0.5) is 0 Å². The lowest BCUT2D eigenvalue weighted by molar-refractivity contribution is -0.147. The van der Waals surface area contributed by atoms with E-state index in [1.165, 1.54) is 0 Å². The number of hydrogen-bond acceptors (Lipinski definition) is 7. The number of cyclic esters (lactones) is 1. The van der Waals surface area contributed by atoms with Gasteiger partial charge in [-0.25, -0.2) is 9.59 Å². The van der Waals surface area contributed by atoms with E-state index in [9.17, 15) is 19.5 Å². The van der Waals surface area contributed by atoms with Gasteiger partial charge in [-0.1, -0.05) is 55.8 Å². The fourth-order valence-corrected chi connectivity index (χ4v) is 5.73. The van der Waals surface area contributed by atoms with E-state index in [1.807, 2.05) is 55.4 Å². The molecule has 8 heteroatoms. The largest absolute Gasteiger partial charge is 0.481 e. The summed E-state index contributed by atoms with van der Waals surface area (Å²) in [7, 11) is 0. The first-order valence-corrected chi connectivity index (χ1v) is 14.9. The Hall–Kier alpha value is -3.91. The maximum atomic E-state index is 13.9. The first-order valence-electron chi connectivity index (χ1n) is 14.9. The fourth-order valence-electron chi connectivity index (χ4n) is 5.73. The molecule has 0 amide bonds. The van der Waals surface area contributed by atoms with Gasteiger partial charge in [-0.15, -0.1) is 0 Å². The molecule has 2 aromatic rings. The van der Waals surface area contributed by atoms with Crippen molar-refractivity contribution in [2.75, 3.05) is 13.2 Å². The molecule has 2 unspecified atom stereocenters. The molecule has 0 aliphatic carbocycles. The van der Waals surface area contributed by atoms with Crippen LogP contribution in [0.15, 0.2) is 58.9 Å². The molecule has 0 fully saturated rings. The van der Waals surface area contributed by atoms with Gasteiger partial charge in [0.15, 0.2) is 0 Å². The molecule has 0 radical (unpaired) electrons. The Morgan fingerprint density at radius 2 is 1.72 bits per heavy atom. The summed E-state index contributed by atoms with van der Waals surface area (Å²) in [6, 6.07) is 11.1. The molecule has 4 rings (SSSR count). The van der Waals surface area contributed by atoms with Gasteiger partial charge in [0.25, 0.3) is 0 Å². The third-order valence-corrected chi connectivity index (χ3v) is 7.23. The summed E-state index contributed by atoms with van der Waals surface area (Å²) in [5, 5.41) is 12.8.